The Balaban J connectivity index is 1.62. The molecule has 1 aliphatic rings. The molecule has 24 heavy (non-hydrogen) atoms. The standard InChI is InChI=1S/C17H16N2O5/c1-11-9-19(17(22)18-15(11)20)14-8-7-13(24-14)10-23-16(21)12-5-3-2-4-6-12/h2-7,9,14H,8,10H2,1H3,(H,18,20,22)/t14-/m1/s1. The number of benzene rings is 1. The average molecular weight is 328 g/mol. The molecule has 1 atom stereocenters. The van der Waals surface area contributed by atoms with E-state index in [1.807, 2.05) is 6.07 Å². The molecule has 1 aliphatic heterocycles. The lowest BCUT2D eigenvalue weighted by Crippen LogP contribution is -2.33. The van der Waals surface area contributed by atoms with Gasteiger partial charge in [0, 0.05) is 18.2 Å². The monoisotopic (exact) mass is 328 g/mol. The van der Waals surface area contributed by atoms with Crippen LogP contribution in [0.15, 0.2) is 58.0 Å². The van der Waals surface area contributed by atoms with Crippen molar-refractivity contribution >= 4 is 5.97 Å². The molecular formula is C17H16N2O5. The van der Waals surface area contributed by atoms with Crippen LogP contribution in [0.1, 0.15) is 28.6 Å². The highest BCUT2D eigenvalue weighted by atomic mass is 16.6. The lowest BCUT2D eigenvalue weighted by atomic mass is 10.2. The van der Waals surface area contributed by atoms with Gasteiger partial charge in [-0.2, -0.15) is 0 Å². The first kappa shape index (κ1) is 15.8. The maximum atomic E-state index is 11.9. The van der Waals surface area contributed by atoms with E-state index in [0.717, 1.165) is 0 Å². The number of nitrogens with zero attached hydrogens (tertiary/aromatic N) is 1. The number of H-pyrrole nitrogens is 1. The minimum absolute atomic E-state index is 0.0126. The van der Waals surface area contributed by atoms with Gasteiger partial charge in [-0.05, 0) is 25.1 Å². The Morgan fingerprint density at radius 2 is 2.08 bits per heavy atom. The fraction of sp³-hybridized carbons (Fsp3) is 0.235. The number of nitrogens with one attached hydrogen (secondary N) is 1. The zero-order valence-electron chi connectivity index (χ0n) is 13.0. The molecule has 0 aliphatic carbocycles. The second-order valence-corrected chi connectivity index (χ2v) is 5.40. The molecule has 0 saturated carbocycles. The number of carbonyl (C=O) groups excluding carboxylic acids is 1. The maximum absolute atomic E-state index is 11.9. The highest BCUT2D eigenvalue weighted by Crippen LogP contribution is 2.25. The largest absolute Gasteiger partial charge is 0.471 e. The Morgan fingerprint density at radius 3 is 2.83 bits per heavy atom. The van der Waals surface area contributed by atoms with Gasteiger partial charge in [0.05, 0.1) is 5.56 Å². The third-order valence-electron chi connectivity index (χ3n) is 3.65. The first-order chi connectivity index (χ1) is 11.5. The van der Waals surface area contributed by atoms with Crippen molar-refractivity contribution in [2.45, 2.75) is 19.6 Å². The van der Waals surface area contributed by atoms with Gasteiger partial charge in [0.15, 0.2) is 6.23 Å². The molecule has 0 spiro atoms. The number of aryl methyl sites for hydroxylation is 1. The molecule has 0 fully saturated rings. The van der Waals surface area contributed by atoms with E-state index in [0.29, 0.717) is 23.3 Å². The highest BCUT2D eigenvalue weighted by molar-refractivity contribution is 5.89. The van der Waals surface area contributed by atoms with E-state index in [2.05, 4.69) is 4.98 Å². The summed E-state index contributed by atoms with van der Waals surface area (Å²) in [5, 5.41) is 0. The summed E-state index contributed by atoms with van der Waals surface area (Å²) in [6, 6.07) is 8.65. The molecule has 0 amide bonds. The predicted octanol–water partition coefficient (Wildman–Crippen LogP) is 1.50. The molecule has 2 aromatic rings. The van der Waals surface area contributed by atoms with E-state index in [9.17, 15) is 14.4 Å². The number of carbonyl (C=O) groups is 1. The normalized spacial score (nSPS) is 16.4. The number of aromatic amines is 1. The van der Waals surface area contributed by atoms with Crippen LogP contribution >= 0.6 is 0 Å². The molecule has 2 heterocycles. The zero-order valence-corrected chi connectivity index (χ0v) is 13.0. The van der Waals surface area contributed by atoms with E-state index >= 15 is 0 Å². The first-order valence-corrected chi connectivity index (χ1v) is 7.44. The minimum Gasteiger partial charge on any atom is -0.471 e. The minimum atomic E-state index is -0.557. The highest BCUT2D eigenvalue weighted by Gasteiger charge is 2.22. The molecule has 0 unspecified atom stereocenters. The molecule has 0 saturated heterocycles. The second-order valence-electron chi connectivity index (χ2n) is 5.40. The molecule has 124 valence electrons. The maximum Gasteiger partial charge on any atom is 0.338 e. The summed E-state index contributed by atoms with van der Waals surface area (Å²) in [4.78, 5) is 37.4. The van der Waals surface area contributed by atoms with Gasteiger partial charge in [-0.3, -0.25) is 14.3 Å². The van der Waals surface area contributed by atoms with Crippen molar-refractivity contribution in [2.24, 2.45) is 0 Å². The van der Waals surface area contributed by atoms with E-state index in [1.165, 1.54) is 10.8 Å². The third kappa shape index (κ3) is 3.29. The summed E-state index contributed by atoms with van der Waals surface area (Å²) in [5.74, 6) is 0.0284. The van der Waals surface area contributed by atoms with Gasteiger partial charge in [0.25, 0.3) is 5.56 Å². The molecule has 1 aromatic heterocycles. The Bertz CT molecular complexity index is 895. The number of hydrogen-bond acceptors (Lipinski definition) is 5. The van der Waals surface area contributed by atoms with Gasteiger partial charge in [-0.1, -0.05) is 18.2 Å². The van der Waals surface area contributed by atoms with Crippen LogP contribution in [0, 0.1) is 6.92 Å². The van der Waals surface area contributed by atoms with Gasteiger partial charge in [0.1, 0.15) is 12.4 Å². The number of aromatic nitrogens is 2. The van der Waals surface area contributed by atoms with Crippen LogP contribution < -0.4 is 11.2 Å². The van der Waals surface area contributed by atoms with Crippen LogP contribution in [0.5, 0.6) is 0 Å². The summed E-state index contributed by atoms with van der Waals surface area (Å²) in [6.07, 6.45) is 3.11. The fourth-order valence-electron chi connectivity index (χ4n) is 2.36. The van der Waals surface area contributed by atoms with Crippen molar-refractivity contribution in [2.75, 3.05) is 6.61 Å². The zero-order chi connectivity index (χ0) is 17.1. The van der Waals surface area contributed by atoms with Crippen LogP contribution in [-0.2, 0) is 9.47 Å². The van der Waals surface area contributed by atoms with Crippen LogP contribution in [0.25, 0.3) is 0 Å². The molecule has 1 N–H and O–H groups in total. The summed E-state index contributed by atoms with van der Waals surface area (Å²) in [5.41, 5.74) is -0.0759. The van der Waals surface area contributed by atoms with Gasteiger partial charge in [-0.25, -0.2) is 9.59 Å². The van der Waals surface area contributed by atoms with E-state index in [4.69, 9.17) is 9.47 Å². The van der Waals surface area contributed by atoms with Crippen molar-refractivity contribution in [3.63, 3.8) is 0 Å². The predicted molar refractivity (Wildman–Crippen MR) is 85.6 cm³/mol. The smallest absolute Gasteiger partial charge is 0.338 e. The van der Waals surface area contributed by atoms with Crippen molar-refractivity contribution in [1.29, 1.82) is 0 Å². The van der Waals surface area contributed by atoms with E-state index in [1.54, 1.807) is 37.3 Å². The van der Waals surface area contributed by atoms with Crippen molar-refractivity contribution in [3.8, 4) is 0 Å². The topological polar surface area (TPSA) is 90.4 Å². The Labute approximate surface area is 137 Å². The molecule has 3 rings (SSSR count). The lowest BCUT2D eigenvalue weighted by molar-refractivity contribution is 0.0307. The summed E-state index contributed by atoms with van der Waals surface area (Å²) < 4.78 is 12.1. The molecule has 0 bridgehead atoms. The van der Waals surface area contributed by atoms with Crippen LogP contribution in [0.4, 0.5) is 0 Å². The molecule has 7 nitrogen and oxygen atoms in total. The number of ether oxygens (including phenoxy) is 2. The third-order valence-corrected chi connectivity index (χ3v) is 3.65. The summed E-state index contributed by atoms with van der Waals surface area (Å²) in [7, 11) is 0. The fourth-order valence-corrected chi connectivity index (χ4v) is 2.36. The Kier molecular flexibility index (Phi) is 4.33. The molecule has 7 heteroatoms. The van der Waals surface area contributed by atoms with Crippen molar-refractivity contribution < 1.29 is 14.3 Å². The summed E-state index contributed by atoms with van der Waals surface area (Å²) in [6.45, 7) is 1.60. The van der Waals surface area contributed by atoms with Gasteiger partial charge in [0.2, 0.25) is 0 Å². The second kappa shape index (κ2) is 6.57. The van der Waals surface area contributed by atoms with Crippen LogP contribution in [0.3, 0.4) is 0 Å². The average Bonchev–Trinajstić information content (AvgIpc) is 3.05. The molecule has 1 aromatic carbocycles. The van der Waals surface area contributed by atoms with Gasteiger partial charge >= 0.3 is 11.7 Å². The van der Waals surface area contributed by atoms with Crippen molar-refractivity contribution in [3.05, 3.63) is 80.3 Å². The molecular weight excluding hydrogens is 312 g/mol. The number of rotatable bonds is 4. The Hall–Kier alpha value is -3.09. The van der Waals surface area contributed by atoms with Crippen molar-refractivity contribution in [1.82, 2.24) is 9.55 Å². The SMILES string of the molecule is Cc1cn([C@H]2CC=C(COC(=O)c3ccccc3)O2)c(=O)[nH]c1=O. The Morgan fingerprint density at radius 1 is 1.33 bits per heavy atom. The van der Waals surface area contributed by atoms with E-state index in [-0.39, 0.29) is 6.61 Å². The lowest BCUT2D eigenvalue weighted by Gasteiger charge is -2.16. The number of hydrogen-bond donors (Lipinski definition) is 1. The quantitative estimate of drug-likeness (QED) is 0.859. The van der Waals surface area contributed by atoms with Gasteiger partial charge < -0.3 is 9.47 Å². The first-order valence-electron chi connectivity index (χ1n) is 7.44. The van der Waals surface area contributed by atoms with Crippen LogP contribution in [0.2, 0.25) is 0 Å². The van der Waals surface area contributed by atoms with E-state index < -0.39 is 23.4 Å². The molecule has 0 radical (unpaired) electrons. The number of esters is 1. The van der Waals surface area contributed by atoms with Gasteiger partial charge in [-0.15, -0.1) is 0 Å². The van der Waals surface area contributed by atoms with Crippen LogP contribution in [-0.4, -0.2) is 22.1 Å². The summed E-state index contributed by atoms with van der Waals surface area (Å²) >= 11 is 0.